The molecule has 4 amide bonds. The molecule has 0 aromatic rings. The highest BCUT2D eigenvalue weighted by Gasteiger charge is 2.27. The molecule has 0 spiro atoms. The van der Waals surface area contributed by atoms with Gasteiger partial charge in [0.2, 0.25) is 11.8 Å². The van der Waals surface area contributed by atoms with Gasteiger partial charge in [0, 0.05) is 44.5 Å². The summed E-state index contributed by atoms with van der Waals surface area (Å²) in [7, 11) is -4.68. The number of nitrogens with one attached hydrogen (secondary N) is 2. The zero-order chi connectivity index (χ0) is 48.4. The molecule has 1 unspecified atom stereocenters. The maximum Gasteiger partial charge on any atom is 0.472 e. The Labute approximate surface area is 398 Å². The lowest BCUT2D eigenvalue weighted by atomic mass is 10.0. The first kappa shape index (κ1) is 60.9. The van der Waals surface area contributed by atoms with E-state index in [0.717, 1.165) is 55.6 Å². The highest BCUT2D eigenvalue weighted by molar-refractivity contribution is 7.47. The minimum absolute atomic E-state index is 0.126. The maximum atomic E-state index is 12.8. The number of phosphoric ester groups is 1. The van der Waals surface area contributed by atoms with Crippen LogP contribution >= 0.6 is 7.82 Å². The summed E-state index contributed by atoms with van der Waals surface area (Å²) in [4.78, 5) is 84.0. The summed E-state index contributed by atoms with van der Waals surface area (Å²) < 4.78 is 33.7. The summed E-state index contributed by atoms with van der Waals surface area (Å²) in [6.07, 6.45) is 37.5. The summed E-state index contributed by atoms with van der Waals surface area (Å²) in [6, 6.07) is 0. The van der Waals surface area contributed by atoms with Crippen LogP contribution in [0.3, 0.4) is 0 Å². The van der Waals surface area contributed by atoms with Gasteiger partial charge in [-0.1, -0.05) is 194 Å². The summed E-state index contributed by atoms with van der Waals surface area (Å²) in [6.45, 7) is 2.44. The normalized spacial score (nSPS) is 13.8. The summed E-state index contributed by atoms with van der Waals surface area (Å²) >= 11 is 0. The van der Waals surface area contributed by atoms with Crippen LogP contribution in [0.5, 0.6) is 0 Å². The van der Waals surface area contributed by atoms with Crippen LogP contribution in [0.2, 0.25) is 0 Å². The fraction of sp³-hybridized carbons (Fsp3) is 0.840. The fourth-order valence-corrected chi connectivity index (χ4v) is 8.41. The molecular formula is C50H90N3O12P. The molecule has 1 rings (SSSR count). The minimum Gasteiger partial charge on any atom is -0.462 e. The molecule has 0 saturated carbocycles. The third kappa shape index (κ3) is 36.9. The van der Waals surface area contributed by atoms with Gasteiger partial charge in [0.05, 0.1) is 19.8 Å². The number of nitrogens with zero attached hydrogens (tertiary/aromatic N) is 1. The Hall–Kier alpha value is -3.13. The van der Waals surface area contributed by atoms with Gasteiger partial charge in [-0.05, 0) is 12.8 Å². The molecule has 382 valence electrons. The summed E-state index contributed by atoms with van der Waals surface area (Å²) in [5.74, 6) is -3.15. The Bertz CT molecular complexity index is 1380. The second-order valence-corrected chi connectivity index (χ2v) is 19.3. The number of esters is 2. The van der Waals surface area contributed by atoms with Gasteiger partial charge >= 0.3 is 19.8 Å². The van der Waals surface area contributed by atoms with Crippen LogP contribution in [0.4, 0.5) is 0 Å². The van der Waals surface area contributed by atoms with Gasteiger partial charge in [0.1, 0.15) is 6.61 Å². The number of ether oxygens (including phenoxy) is 2. The largest absolute Gasteiger partial charge is 0.472 e. The number of hydrogen-bond donors (Lipinski definition) is 3. The number of phosphoric acid groups is 1. The molecule has 3 N–H and O–H groups in total. The van der Waals surface area contributed by atoms with E-state index in [-0.39, 0.29) is 39.0 Å². The first-order chi connectivity index (χ1) is 32.0. The lowest BCUT2D eigenvalue weighted by Crippen LogP contribution is -2.40. The van der Waals surface area contributed by atoms with Crippen molar-refractivity contribution in [2.24, 2.45) is 0 Å². The van der Waals surface area contributed by atoms with Crippen molar-refractivity contribution in [3.8, 4) is 0 Å². The second-order valence-electron chi connectivity index (χ2n) is 17.8. The van der Waals surface area contributed by atoms with Crippen molar-refractivity contribution in [3.05, 3.63) is 12.2 Å². The molecule has 16 heteroatoms. The molecule has 0 radical (unpaired) electrons. The molecule has 66 heavy (non-hydrogen) atoms. The number of unbranched alkanes of at least 4 members (excludes halogenated alkanes) is 28. The summed E-state index contributed by atoms with van der Waals surface area (Å²) in [5, 5.41) is 4.79. The Kier molecular flexibility index (Phi) is 38.8. The van der Waals surface area contributed by atoms with Crippen molar-refractivity contribution in [3.63, 3.8) is 0 Å². The van der Waals surface area contributed by atoms with Crippen molar-refractivity contribution >= 4 is 43.4 Å². The Morgan fingerprint density at radius 2 is 0.955 bits per heavy atom. The standard InChI is InChI=1S/C50H90N3O12P/c1-3-5-7-9-11-13-15-17-19-21-23-25-27-29-31-33-49(58)62-42-44(65-50(59)34-32-30-28-26-24-22-20-18-16-14-12-10-8-6-4-2)43-64-66(60,61)63-40-38-51-46(55)41-52-45(54)37-39-53-47(56)35-36-48(53)57/h35-36,44H,3-34,37-43H2,1-2H3,(H,51,55)(H,52,54)(H,60,61)/t44-/m1/s1. The van der Waals surface area contributed by atoms with Gasteiger partial charge in [-0.25, -0.2) is 4.57 Å². The second kappa shape index (κ2) is 42.0. The first-order valence-electron chi connectivity index (χ1n) is 26.0. The molecule has 0 aromatic heterocycles. The average Bonchev–Trinajstić information content (AvgIpc) is 3.62. The molecule has 0 aromatic carbocycles. The van der Waals surface area contributed by atoms with Crippen LogP contribution in [0, 0.1) is 0 Å². The van der Waals surface area contributed by atoms with Gasteiger partial charge in [0.15, 0.2) is 6.10 Å². The Morgan fingerprint density at radius 1 is 0.545 bits per heavy atom. The third-order valence-electron chi connectivity index (χ3n) is 11.7. The number of rotatable bonds is 47. The van der Waals surface area contributed by atoms with Crippen molar-refractivity contribution in [1.82, 2.24) is 15.5 Å². The highest BCUT2D eigenvalue weighted by atomic mass is 31.2. The van der Waals surface area contributed by atoms with Crippen molar-refractivity contribution < 1.29 is 56.7 Å². The molecule has 0 saturated heterocycles. The Balaban J connectivity index is 2.38. The van der Waals surface area contributed by atoms with E-state index in [9.17, 15) is 38.2 Å². The minimum atomic E-state index is -4.68. The van der Waals surface area contributed by atoms with Crippen LogP contribution in [0.15, 0.2) is 12.2 Å². The molecule has 1 aliphatic heterocycles. The van der Waals surface area contributed by atoms with Crippen molar-refractivity contribution in [2.45, 2.75) is 232 Å². The van der Waals surface area contributed by atoms with Crippen molar-refractivity contribution in [1.29, 1.82) is 0 Å². The van der Waals surface area contributed by atoms with Gasteiger partial charge < -0.3 is 25.0 Å². The van der Waals surface area contributed by atoms with E-state index in [1.54, 1.807) is 0 Å². The number of amides is 4. The van der Waals surface area contributed by atoms with Gasteiger partial charge in [-0.2, -0.15) is 0 Å². The SMILES string of the molecule is CCCCCCCCCCCCCCCCCC(=O)OC[C@H](COP(=O)(O)OCCNC(=O)CNC(=O)CCN1C(=O)C=CC1=O)OC(=O)CCCCCCCCCCCCCCCCC. The average molecular weight is 956 g/mol. The lowest BCUT2D eigenvalue weighted by molar-refractivity contribution is -0.161. The van der Waals surface area contributed by atoms with Gasteiger partial charge in [0.25, 0.3) is 11.8 Å². The van der Waals surface area contributed by atoms with E-state index in [4.69, 9.17) is 18.5 Å². The quantitative estimate of drug-likeness (QED) is 0.0226. The smallest absolute Gasteiger partial charge is 0.462 e. The monoisotopic (exact) mass is 956 g/mol. The van der Waals surface area contributed by atoms with Crippen LogP contribution in [-0.2, 0) is 51.9 Å². The zero-order valence-electron chi connectivity index (χ0n) is 41.1. The predicted octanol–water partition coefficient (Wildman–Crippen LogP) is 10.6. The van der Waals surface area contributed by atoms with E-state index in [1.165, 1.54) is 141 Å². The van der Waals surface area contributed by atoms with E-state index in [2.05, 4.69) is 24.5 Å². The van der Waals surface area contributed by atoms with Crippen LogP contribution in [-0.4, -0.2) is 90.9 Å². The lowest BCUT2D eigenvalue weighted by Gasteiger charge is -2.20. The molecule has 1 aliphatic rings. The molecule has 0 aliphatic carbocycles. The van der Waals surface area contributed by atoms with Gasteiger partial charge in [-0.15, -0.1) is 0 Å². The Morgan fingerprint density at radius 3 is 1.39 bits per heavy atom. The van der Waals surface area contributed by atoms with Crippen LogP contribution < -0.4 is 10.6 Å². The van der Waals surface area contributed by atoms with Crippen LogP contribution in [0.1, 0.15) is 226 Å². The predicted molar refractivity (Wildman–Crippen MR) is 258 cm³/mol. The fourth-order valence-electron chi connectivity index (χ4n) is 7.66. The molecule has 15 nitrogen and oxygen atoms in total. The third-order valence-corrected chi connectivity index (χ3v) is 12.7. The topological polar surface area (TPSA) is 204 Å². The molecule has 0 fully saturated rings. The molecular weight excluding hydrogens is 866 g/mol. The molecule has 2 atom stereocenters. The van der Waals surface area contributed by atoms with E-state index in [0.29, 0.717) is 12.8 Å². The first-order valence-corrected chi connectivity index (χ1v) is 27.5. The maximum absolute atomic E-state index is 12.8. The van der Waals surface area contributed by atoms with E-state index in [1.807, 2.05) is 0 Å². The number of imide groups is 1. The number of carbonyl (C=O) groups excluding carboxylic acids is 6. The number of hydrogen-bond acceptors (Lipinski definition) is 11. The molecule has 0 bridgehead atoms. The van der Waals surface area contributed by atoms with Crippen LogP contribution in [0.25, 0.3) is 0 Å². The van der Waals surface area contributed by atoms with E-state index >= 15 is 0 Å². The zero-order valence-corrected chi connectivity index (χ0v) is 42.0. The summed E-state index contributed by atoms with van der Waals surface area (Å²) in [5.41, 5.74) is 0. The highest BCUT2D eigenvalue weighted by Crippen LogP contribution is 2.43. The van der Waals surface area contributed by atoms with Gasteiger partial charge in [-0.3, -0.25) is 42.7 Å². The van der Waals surface area contributed by atoms with E-state index < -0.39 is 69.3 Å². The molecule has 1 heterocycles. The van der Waals surface area contributed by atoms with Crippen molar-refractivity contribution in [2.75, 3.05) is 39.5 Å². The number of carbonyl (C=O) groups is 6.